The lowest BCUT2D eigenvalue weighted by Crippen LogP contribution is -2.27. The van der Waals surface area contributed by atoms with Crippen LogP contribution in [-0.2, 0) is 21.0 Å². The van der Waals surface area contributed by atoms with Crippen molar-refractivity contribution in [3.05, 3.63) is 47.0 Å². The van der Waals surface area contributed by atoms with Crippen LogP contribution < -0.4 is 0 Å². The topological polar surface area (TPSA) is 55.7 Å². The number of allylic oxidation sites excluding steroid dienone is 2. The highest BCUT2D eigenvalue weighted by atomic mass is 32.2. The van der Waals surface area contributed by atoms with Gasteiger partial charge in [0.05, 0.1) is 19.2 Å². The molecule has 0 bridgehead atoms. The number of esters is 1. The van der Waals surface area contributed by atoms with Crippen molar-refractivity contribution >= 4 is 15.7 Å². The predicted octanol–water partition coefficient (Wildman–Crippen LogP) is 4.45. The molecule has 4 nitrogen and oxygen atoms in total. The number of hydrogen-bond acceptors (Lipinski definition) is 4. The highest BCUT2D eigenvalue weighted by Gasteiger charge is 2.35. The van der Waals surface area contributed by atoms with Gasteiger partial charge in [0.15, 0.2) is 0 Å². The molecular weight excluding hydrogens is 334 g/mol. The van der Waals surface area contributed by atoms with Crippen LogP contribution in [0.5, 0.6) is 0 Å². The number of benzene rings is 1. The zero-order valence-corrected chi connectivity index (χ0v) is 16.9. The van der Waals surface area contributed by atoms with Gasteiger partial charge < -0.3 is 4.74 Å². The van der Waals surface area contributed by atoms with E-state index in [1.807, 2.05) is 12.1 Å². The van der Waals surface area contributed by atoms with Crippen molar-refractivity contribution in [3.63, 3.8) is 0 Å². The van der Waals surface area contributed by atoms with E-state index in [-0.39, 0.29) is 16.8 Å². The van der Waals surface area contributed by atoms with Gasteiger partial charge in [-0.1, -0.05) is 51.5 Å². The number of hydrogen-bond donors (Lipinski definition) is 0. The molecule has 5 heteroatoms. The minimum atomic E-state index is -2.32. The molecule has 0 radical (unpaired) electrons. The van der Waals surface area contributed by atoms with E-state index >= 15 is 0 Å². The summed E-state index contributed by atoms with van der Waals surface area (Å²) in [5, 5.41) is 0. The largest absolute Gasteiger partial charge is 0.465 e. The second-order valence-electron chi connectivity index (χ2n) is 8.24. The van der Waals surface area contributed by atoms with E-state index < -0.39 is 9.73 Å². The van der Waals surface area contributed by atoms with Crippen molar-refractivity contribution in [1.82, 2.24) is 0 Å². The number of carbonyl (C=O) groups excluding carboxylic acids is 1. The smallest absolute Gasteiger partial charge is 0.337 e. The molecule has 0 amide bonds. The van der Waals surface area contributed by atoms with Crippen LogP contribution in [-0.4, -0.2) is 28.8 Å². The normalized spacial score (nSPS) is 24.8. The standard InChI is InChI=1S/C20H29NO3S/c1-15-11-19(2,3)13-25(23,14-20(15,4)5)21-12-16-7-9-17(10-8-16)18(22)24-6/h7-11H,12-14H2,1-6H3. The average molecular weight is 364 g/mol. The summed E-state index contributed by atoms with van der Waals surface area (Å²) in [5.74, 6) is 0.788. The third kappa shape index (κ3) is 4.94. The first-order valence-electron chi connectivity index (χ1n) is 8.52. The monoisotopic (exact) mass is 363 g/mol. The van der Waals surface area contributed by atoms with Crippen LogP contribution in [0, 0.1) is 10.8 Å². The molecule has 0 saturated carbocycles. The number of rotatable bonds is 3. The fourth-order valence-corrected chi connectivity index (χ4v) is 6.55. The van der Waals surface area contributed by atoms with E-state index in [4.69, 9.17) is 4.74 Å². The Bertz CT molecular complexity index is 795. The second kappa shape index (κ2) is 6.94. The lowest BCUT2D eigenvalue weighted by molar-refractivity contribution is 0.0600. The minimum absolute atomic E-state index is 0.122. The van der Waals surface area contributed by atoms with Gasteiger partial charge >= 0.3 is 5.97 Å². The maximum absolute atomic E-state index is 13.5. The van der Waals surface area contributed by atoms with Gasteiger partial charge in [-0.25, -0.2) is 13.4 Å². The van der Waals surface area contributed by atoms with Gasteiger partial charge in [-0.3, -0.25) is 0 Å². The zero-order valence-electron chi connectivity index (χ0n) is 16.1. The Morgan fingerprint density at radius 2 is 1.76 bits per heavy atom. The molecule has 0 aromatic heterocycles. The Morgan fingerprint density at radius 3 is 2.32 bits per heavy atom. The van der Waals surface area contributed by atoms with E-state index in [1.54, 1.807) is 12.1 Å². The number of nitrogens with zero attached hydrogens (tertiary/aromatic N) is 1. The summed E-state index contributed by atoms with van der Waals surface area (Å²) >= 11 is 0. The quantitative estimate of drug-likeness (QED) is 0.589. The van der Waals surface area contributed by atoms with Gasteiger partial charge in [0.1, 0.15) is 0 Å². The van der Waals surface area contributed by atoms with E-state index in [0.717, 1.165) is 5.56 Å². The van der Waals surface area contributed by atoms with Gasteiger partial charge in [0.25, 0.3) is 0 Å². The van der Waals surface area contributed by atoms with Crippen LogP contribution in [0.1, 0.15) is 50.5 Å². The first-order chi connectivity index (χ1) is 11.5. The van der Waals surface area contributed by atoms with Gasteiger partial charge in [0, 0.05) is 21.2 Å². The molecule has 0 spiro atoms. The third-order valence-corrected chi connectivity index (χ3v) is 7.68. The van der Waals surface area contributed by atoms with Crippen molar-refractivity contribution in [3.8, 4) is 0 Å². The average Bonchev–Trinajstić information content (AvgIpc) is 2.56. The fraction of sp³-hybridized carbons (Fsp3) is 0.550. The van der Waals surface area contributed by atoms with Crippen molar-refractivity contribution < 1.29 is 13.7 Å². The highest BCUT2D eigenvalue weighted by molar-refractivity contribution is 7.93. The maximum Gasteiger partial charge on any atom is 0.337 e. The number of carbonyl (C=O) groups is 1. The molecule has 1 aromatic carbocycles. The van der Waals surface area contributed by atoms with Crippen LogP contribution >= 0.6 is 0 Å². The molecule has 1 atom stereocenters. The Labute approximate surface area is 151 Å². The number of methoxy groups -OCH3 is 1. The fourth-order valence-electron chi connectivity index (χ4n) is 3.28. The second-order valence-corrected chi connectivity index (χ2v) is 10.6. The summed E-state index contributed by atoms with van der Waals surface area (Å²) in [4.78, 5) is 11.5. The van der Waals surface area contributed by atoms with Crippen molar-refractivity contribution in [2.75, 3.05) is 18.6 Å². The summed E-state index contributed by atoms with van der Waals surface area (Å²) < 4.78 is 22.9. The van der Waals surface area contributed by atoms with E-state index in [9.17, 15) is 9.00 Å². The summed E-state index contributed by atoms with van der Waals surface area (Å²) in [7, 11) is -0.960. The molecule has 1 heterocycles. The first kappa shape index (κ1) is 19.7. The molecule has 25 heavy (non-hydrogen) atoms. The molecule has 1 aliphatic rings. The maximum atomic E-state index is 13.5. The lowest BCUT2D eigenvalue weighted by Gasteiger charge is -2.25. The van der Waals surface area contributed by atoms with Crippen LogP contribution in [0.25, 0.3) is 0 Å². The van der Waals surface area contributed by atoms with Crippen molar-refractivity contribution in [2.24, 2.45) is 15.2 Å². The van der Waals surface area contributed by atoms with Crippen molar-refractivity contribution in [2.45, 2.75) is 41.2 Å². The lowest BCUT2D eigenvalue weighted by atomic mass is 9.82. The zero-order chi connectivity index (χ0) is 18.9. The van der Waals surface area contributed by atoms with Crippen molar-refractivity contribution in [1.29, 1.82) is 0 Å². The van der Waals surface area contributed by atoms with E-state index in [1.165, 1.54) is 12.7 Å². The molecule has 0 aliphatic carbocycles. The van der Waals surface area contributed by atoms with Crippen LogP contribution in [0.3, 0.4) is 0 Å². The Hall–Kier alpha value is -1.62. The summed E-state index contributed by atoms with van der Waals surface area (Å²) in [5.41, 5.74) is 2.48. The summed E-state index contributed by atoms with van der Waals surface area (Å²) in [6.45, 7) is 11.0. The molecule has 2 rings (SSSR count). The molecule has 1 aromatic rings. The Morgan fingerprint density at radius 1 is 1.16 bits per heavy atom. The Balaban J connectivity index is 2.27. The molecule has 1 unspecified atom stereocenters. The SMILES string of the molecule is COC(=O)c1ccc(CN=S2(=O)CC(C)(C)C=C(C)C(C)(C)C2)cc1. The molecule has 1 aliphatic heterocycles. The molecule has 0 N–H and O–H groups in total. The van der Waals surface area contributed by atoms with Crippen LogP contribution in [0.15, 0.2) is 40.3 Å². The third-order valence-electron chi connectivity index (χ3n) is 4.72. The minimum Gasteiger partial charge on any atom is -0.465 e. The van der Waals surface area contributed by atoms with Crippen LogP contribution in [0.2, 0.25) is 0 Å². The van der Waals surface area contributed by atoms with Gasteiger partial charge in [-0.15, -0.1) is 0 Å². The predicted molar refractivity (Wildman–Crippen MR) is 103 cm³/mol. The Kier molecular flexibility index (Phi) is 5.47. The summed E-state index contributed by atoms with van der Waals surface area (Å²) in [6, 6.07) is 7.12. The molecule has 0 saturated heterocycles. The summed E-state index contributed by atoms with van der Waals surface area (Å²) in [6.07, 6.45) is 2.25. The molecule has 0 fully saturated rings. The van der Waals surface area contributed by atoms with Gasteiger partial charge in [-0.05, 0) is 35.4 Å². The number of ether oxygens (including phenoxy) is 1. The van der Waals surface area contributed by atoms with E-state index in [0.29, 0.717) is 23.6 Å². The molecule has 138 valence electrons. The van der Waals surface area contributed by atoms with E-state index in [2.05, 4.69) is 45.1 Å². The first-order valence-corrected chi connectivity index (χ1v) is 10.4. The highest BCUT2D eigenvalue weighted by Crippen LogP contribution is 2.38. The molecular formula is C20H29NO3S. The van der Waals surface area contributed by atoms with Crippen LogP contribution in [0.4, 0.5) is 0 Å². The van der Waals surface area contributed by atoms with Gasteiger partial charge in [-0.2, -0.15) is 0 Å². The van der Waals surface area contributed by atoms with Gasteiger partial charge in [0.2, 0.25) is 0 Å².